The summed E-state index contributed by atoms with van der Waals surface area (Å²) in [6.07, 6.45) is 1.49. The molecule has 0 saturated heterocycles. The first-order valence-electron chi connectivity index (χ1n) is 8.44. The smallest absolute Gasteiger partial charge is 0.669 e. The zero-order chi connectivity index (χ0) is 20.4. The second-order valence-electron chi connectivity index (χ2n) is 6.35. The number of nitrogens with zero attached hydrogens (tertiary/aromatic N) is 2. The second kappa shape index (κ2) is 8.90. The summed E-state index contributed by atoms with van der Waals surface area (Å²) >= 11 is 0. The van der Waals surface area contributed by atoms with E-state index in [1.54, 1.807) is 39.2 Å². The van der Waals surface area contributed by atoms with Crippen molar-refractivity contribution in [3.05, 3.63) is 64.6 Å². The van der Waals surface area contributed by atoms with Gasteiger partial charge in [-0.1, -0.05) is 19.0 Å². The van der Waals surface area contributed by atoms with E-state index in [1.807, 2.05) is 0 Å². The molecule has 1 atom stereocenters. The molecule has 1 unspecified atom stereocenters. The summed E-state index contributed by atoms with van der Waals surface area (Å²) < 4.78 is 5.27. The molecule has 0 spiro atoms. The van der Waals surface area contributed by atoms with E-state index in [2.05, 4.69) is 16.0 Å². The Morgan fingerprint density at radius 3 is 2.55 bits per heavy atom. The first kappa shape index (κ1) is 22.1. The molecule has 1 aromatic carbocycles. The molecule has 1 aliphatic rings. The number of nitrogens with one attached hydrogen (secondary N) is 2. The van der Waals surface area contributed by atoms with E-state index < -0.39 is 23.8 Å². The van der Waals surface area contributed by atoms with Crippen LogP contribution in [0.4, 0.5) is 5.69 Å². The minimum atomic E-state index is -0.681. The fraction of sp³-hybridized carbons (Fsp3) is 0.211. The number of benzene rings is 1. The average molecular weight is 390 g/mol. The molecule has 0 fully saturated rings. The number of phenols is 1. The van der Waals surface area contributed by atoms with Gasteiger partial charge in [-0.3, -0.25) is 19.7 Å². The largest absolute Gasteiger partial charge is 1.00 e. The Kier molecular flexibility index (Phi) is 6.79. The van der Waals surface area contributed by atoms with Crippen LogP contribution in [0.1, 0.15) is 29.1 Å². The summed E-state index contributed by atoms with van der Waals surface area (Å²) in [6, 6.07) is 7.39. The van der Waals surface area contributed by atoms with Crippen molar-refractivity contribution < 1.29 is 42.8 Å². The number of furan rings is 1. The quantitative estimate of drug-likeness (QED) is 0.334. The summed E-state index contributed by atoms with van der Waals surface area (Å²) in [7, 11) is 3.11. The van der Waals surface area contributed by atoms with Crippen LogP contribution in [0.3, 0.4) is 0 Å². The molecule has 0 radical (unpaired) electrons. The van der Waals surface area contributed by atoms with Gasteiger partial charge in [0.05, 0.1) is 29.0 Å². The van der Waals surface area contributed by atoms with Gasteiger partial charge in [0.1, 0.15) is 0 Å². The van der Waals surface area contributed by atoms with Crippen LogP contribution in [0.5, 0.6) is 5.75 Å². The van der Waals surface area contributed by atoms with Crippen LogP contribution in [0.25, 0.3) is 5.32 Å². The van der Waals surface area contributed by atoms with Crippen LogP contribution in [0.2, 0.25) is 0 Å². The zero-order valence-electron chi connectivity index (χ0n) is 16.5. The van der Waals surface area contributed by atoms with E-state index in [9.17, 15) is 19.5 Å². The molecular formula is C19H19LiN4O5. The summed E-state index contributed by atoms with van der Waals surface area (Å²) in [6.45, 7) is 1.72. The van der Waals surface area contributed by atoms with Crippen molar-refractivity contribution in [3.8, 4) is 5.75 Å². The second-order valence-corrected chi connectivity index (χ2v) is 6.35. The SMILES string of the molecule is CC([N-]C1=C(Nc2cccc(C(=O)N(C)C)c2O)C(=O)NC1=O)c1ccco1.[Li+]. The molecule has 1 aromatic heterocycles. The summed E-state index contributed by atoms with van der Waals surface area (Å²) in [5.74, 6) is -1.55. The normalized spacial score (nSPS) is 14.2. The number of carbonyl (C=O) groups excluding carboxylic acids is 3. The summed E-state index contributed by atoms with van der Waals surface area (Å²) in [4.78, 5) is 37.9. The standard InChI is InChI=1S/C19H20N4O5.Li/c1-10(13-8-5-9-28-13)20-14-15(18(26)22-17(14)25)21-12-7-4-6-11(16(12)24)19(27)23(2)3;/h4-10H,1-3H3,(H4,20,21,22,24,25,26,27);/q;+1/p-1. The number of hydrogen-bond donors (Lipinski definition) is 3. The van der Waals surface area contributed by atoms with Crippen molar-refractivity contribution in [1.82, 2.24) is 10.2 Å². The van der Waals surface area contributed by atoms with Gasteiger partial charge in [-0.15, -0.1) is 0 Å². The van der Waals surface area contributed by atoms with Crippen LogP contribution >= 0.6 is 0 Å². The molecule has 1 aliphatic heterocycles. The number of phenolic OH excluding ortho intramolecular Hbond substituents is 1. The van der Waals surface area contributed by atoms with E-state index in [4.69, 9.17) is 4.42 Å². The predicted octanol–water partition coefficient (Wildman–Crippen LogP) is -0.894. The van der Waals surface area contributed by atoms with Crippen LogP contribution in [-0.4, -0.2) is 41.8 Å². The van der Waals surface area contributed by atoms with Crippen molar-refractivity contribution >= 4 is 23.4 Å². The molecule has 10 heteroatoms. The third kappa shape index (κ3) is 4.47. The molecule has 0 bridgehead atoms. The number of carbonyl (C=O) groups is 3. The van der Waals surface area contributed by atoms with Crippen LogP contribution in [-0.2, 0) is 9.59 Å². The number of rotatable bonds is 6. The van der Waals surface area contributed by atoms with Gasteiger partial charge < -0.3 is 25.1 Å². The third-order valence-electron chi connectivity index (χ3n) is 4.12. The Morgan fingerprint density at radius 1 is 1.21 bits per heavy atom. The topological polar surface area (TPSA) is 126 Å². The minimum absolute atomic E-state index is 0. The molecule has 0 aliphatic carbocycles. The van der Waals surface area contributed by atoms with Crippen molar-refractivity contribution in [3.63, 3.8) is 0 Å². The van der Waals surface area contributed by atoms with Gasteiger partial charge in [-0.25, -0.2) is 0 Å². The fourth-order valence-corrected chi connectivity index (χ4v) is 2.66. The molecule has 9 nitrogen and oxygen atoms in total. The van der Waals surface area contributed by atoms with Gasteiger partial charge in [-0.2, -0.15) is 0 Å². The van der Waals surface area contributed by atoms with Crippen LogP contribution in [0, 0.1) is 0 Å². The first-order valence-corrected chi connectivity index (χ1v) is 8.44. The average Bonchev–Trinajstić information content (AvgIpc) is 3.27. The van der Waals surface area contributed by atoms with Crippen LogP contribution in [0.15, 0.2) is 52.4 Å². The van der Waals surface area contributed by atoms with Gasteiger partial charge in [0.2, 0.25) is 5.91 Å². The summed E-state index contributed by atoms with van der Waals surface area (Å²) in [5, 5.41) is 19.6. The first-order chi connectivity index (χ1) is 13.3. The maximum atomic E-state index is 12.2. The van der Waals surface area contributed by atoms with Crippen molar-refractivity contribution in [2.75, 3.05) is 19.4 Å². The van der Waals surface area contributed by atoms with Crippen molar-refractivity contribution in [2.45, 2.75) is 13.0 Å². The summed E-state index contributed by atoms with van der Waals surface area (Å²) in [5.41, 5.74) is -0.0699. The Hall–Kier alpha value is -3.15. The number of aromatic hydroxyl groups is 1. The number of para-hydroxylation sites is 1. The predicted molar refractivity (Wildman–Crippen MR) is 100 cm³/mol. The molecule has 146 valence electrons. The van der Waals surface area contributed by atoms with Crippen LogP contribution < -0.4 is 29.5 Å². The van der Waals surface area contributed by atoms with E-state index in [1.165, 1.54) is 23.3 Å². The molecule has 3 N–H and O–H groups in total. The number of imide groups is 1. The fourth-order valence-electron chi connectivity index (χ4n) is 2.66. The Morgan fingerprint density at radius 2 is 1.93 bits per heavy atom. The van der Waals surface area contributed by atoms with Gasteiger partial charge in [0, 0.05) is 14.1 Å². The molecule has 3 amide bonds. The Balaban J connectivity index is 0.00000300. The molecule has 29 heavy (non-hydrogen) atoms. The Bertz CT molecular complexity index is 969. The molecule has 2 heterocycles. The maximum Gasteiger partial charge on any atom is 1.00 e. The van der Waals surface area contributed by atoms with Gasteiger partial charge in [0.25, 0.3) is 11.8 Å². The van der Waals surface area contributed by atoms with Gasteiger partial charge in [0.15, 0.2) is 5.75 Å². The van der Waals surface area contributed by atoms with Crippen molar-refractivity contribution in [1.29, 1.82) is 0 Å². The number of amides is 3. The minimum Gasteiger partial charge on any atom is -0.669 e. The van der Waals surface area contributed by atoms with Gasteiger partial charge in [-0.05, 0) is 30.0 Å². The maximum absolute atomic E-state index is 12.2. The third-order valence-corrected chi connectivity index (χ3v) is 4.12. The van der Waals surface area contributed by atoms with E-state index >= 15 is 0 Å². The monoisotopic (exact) mass is 390 g/mol. The molecular weight excluding hydrogens is 371 g/mol. The number of anilines is 1. The van der Waals surface area contributed by atoms with E-state index in [-0.39, 0.29) is 47.3 Å². The van der Waals surface area contributed by atoms with E-state index in [0.717, 1.165) is 0 Å². The van der Waals surface area contributed by atoms with Crippen molar-refractivity contribution in [2.24, 2.45) is 0 Å². The van der Waals surface area contributed by atoms with Gasteiger partial charge >= 0.3 is 18.9 Å². The molecule has 2 aromatic rings. The molecule has 3 rings (SSSR count). The Labute approximate surface area is 179 Å². The molecule has 0 saturated carbocycles. The van der Waals surface area contributed by atoms with E-state index in [0.29, 0.717) is 5.76 Å². The number of hydrogen-bond acceptors (Lipinski definition) is 6. The zero-order valence-corrected chi connectivity index (χ0v) is 16.5.